The summed E-state index contributed by atoms with van der Waals surface area (Å²) in [6, 6.07) is 9.33. The zero-order valence-electron chi connectivity index (χ0n) is 12.6. The molecule has 1 amide bonds. The molecule has 0 unspecified atom stereocenters. The second kappa shape index (κ2) is 6.55. The zero-order chi connectivity index (χ0) is 16.3. The first-order chi connectivity index (χ1) is 11.1. The Balaban J connectivity index is 1.60. The lowest BCUT2D eigenvalue weighted by Crippen LogP contribution is -2.56. The predicted molar refractivity (Wildman–Crippen MR) is 78.6 cm³/mol. The van der Waals surface area contributed by atoms with E-state index in [-0.39, 0.29) is 13.2 Å². The van der Waals surface area contributed by atoms with Gasteiger partial charge in [-0.15, -0.1) is 0 Å². The third kappa shape index (κ3) is 3.30. The number of ether oxygens (including phenoxy) is 3. The average molecular weight is 321 g/mol. The highest BCUT2D eigenvalue weighted by Gasteiger charge is 2.52. The highest BCUT2D eigenvalue weighted by Crippen LogP contribution is 2.36. The second-order valence-electron chi connectivity index (χ2n) is 5.64. The SMILES string of the molecule is O=C(O)[C@@H]1CN(C(=O)OCc2ccccc2)CCC12OCCO2. The minimum Gasteiger partial charge on any atom is -0.481 e. The maximum atomic E-state index is 12.2. The van der Waals surface area contributed by atoms with Crippen molar-refractivity contribution in [3.8, 4) is 0 Å². The summed E-state index contributed by atoms with van der Waals surface area (Å²) in [6.07, 6.45) is -0.197. The third-order valence-corrected chi connectivity index (χ3v) is 4.20. The minimum absolute atomic E-state index is 0.0168. The summed E-state index contributed by atoms with van der Waals surface area (Å²) < 4.78 is 16.3. The van der Waals surface area contributed by atoms with Crippen LogP contribution in [0.5, 0.6) is 0 Å². The molecule has 2 heterocycles. The zero-order valence-corrected chi connectivity index (χ0v) is 12.6. The molecule has 7 heteroatoms. The molecule has 1 atom stereocenters. The van der Waals surface area contributed by atoms with Crippen LogP contribution in [0.4, 0.5) is 4.79 Å². The number of hydrogen-bond donors (Lipinski definition) is 1. The van der Waals surface area contributed by atoms with Crippen LogP contribution < -0.4 is 0 Å². The van der Waals surface area contributed by atoms with E-state index < -0.39 is 23.8 Å². The molecular formula is C16H19NO6. The number of rotatable bonds is 3. The van der Waals surface area contributed by atoms with E-state index in [0.717, 1.165) is 5.56 Å². The van der Waals surface area contributed by atoms with Gasteiger partial charge in [-0.1, -0.05) is 30.3 Å². The summed E-state index contributed by atoms with van der Waals surface area (Å²) in [5, 5.41) is 9.43. The molecule has 0 radical (unpaired) electrons. The molecule has 0 saturated carbocycles. The van der Waals surface area contributed by atoms with Crippen molar-refractivity contribution in [3.63, 3.8) is 0 Å². The Hall–Kier alpha value is -2.12. The van der Waals surface area contributed by atoms with Crippen LogP contribution in [-0.4, -0.2) is 54.2 Å². The first-order valence-electron chi connectivity index (χ1n) is 7.57. The summed E-state index contributed by atoms with van der Waals surface area (Å²) in [5.74, 6) is -3.06. The molecular weight excluding hydrogens is 302 g/mol. The highest BCUT2D eigenvalue weighted by atomic mass is 16.7. The fourth-order valence-electron chi connectivity index (χ4n) is 2.97. The molecule has 0 aromatic heterocycles. The standard InChI is InChI=1S/C16H19NO6/c18-14(19)13-10-17(7-6-16(13)22-8-9-23-16)15(20)21-11-12-4-2-1-3-5-12/h1-5,13H,6-11H2,(H,18,19)/t13-/m0/s1. The fourth-order valence-corrected chi connectivity index (χ4v) is 2.97. The van der Waals surface area contributed by atoms with Crippen LogP contribution in [0.15, 0.2) is 30.3 Å². The van der Waals surface area contributed by atoms with Crippen LogP contribution in [0, 0.1) is 5.92 Å². The van der Waals surface area contributed by atoms with Crippen LogP contribution in [0.3, 0.4) is 0 Å². The van der Waals surface area contributed by atoms with Crippen molar-refractivity contribution in [1.29, 1.82) is 0 Å². The monoisotopic (exact) mass is 321 g/mol. The molecule has 0 aliphatic carbocycles. The van der Waals surface area contributed by atoms with Crippen LogP contribution in [0.25, 0.3) is 0 Å². The molecule has 23 heavy (non-hydrogen) atoms. The van der Waals surface area contributed by atoms with Gasteiger partial charge in [0, 0.05) is 19.5 Å². The lowest BCUT2D eigenvalue weighted by Gasteiger charge is -2.41. The Morgan fingerprint density at radius 3 is 2.61 bits per heavy atom. The number of benzene rings is 1. The first kappa shape index (κ1) is 15.8. The molecule has 1 spiro atoms. The maximum absolute atomic E-state index is 12.2. The van der Waals surface area contributed by atoms with Gasteiger partial charge in [0.2, 0.25) is 0 Å². The number of amides is 1. The lowest BCUT2D eigenvalue weighted by molar-refractivity contribution is -0.224. The molecule has 2 saturated heterocycles. The molecule has 2 aliphatic heterocycles. The van der Waals surface area contributed by atoms with Gasteiger partial charge in [-0.2, -0.15) is 0 Å². The molecule has 2 fully saturated rings. The van der Waals surface area contributed by atoms with Crippen LogP contribution >= 0.6 is 0 Å². The summed E-state index contributed by atoms with van der Waals surface area (Å²) in [6.45, 7) is 1.27. The van der Waals surface area contributed by atoms with E-state index >= 15 is 0 Å². The van der Waals surface area contributed by atoms with Crippen molar-refractivity contribution in [2.75, 3.05) is 26.3 Å². The average Bonchev–Trinajstić information content (AvgIpc) is 3.02. The number of aliphatic carboxylic acids is 1. The molecule has 1 N–H and O–H groups in total. The van der Waals surface area contributed by atoms with E-state index in [1.165, 1.54) is 4.90 Å². The Kier molecular flexibility index (Phi) is 4.49. The van der Waals surface area contributed by atoms with Gasteiger partial charge in [-0.25, -0.2) is 4.79 Å². The topological polar surface area (TPSA) is 85.3 Å². The number of likely N-dealkylation sites (tertiary alicyclic amines) is 1. The summed E-state index contributed by atoms with van der Waals surface area (Å²) in [4.78, 5) is 25.1. The van der Waals surface area contributed by atoms with E-state index in [9.17, 15) is 14.7 Å². The third-order valence-electron chi connectivity index (χ3n) is 4.20. The number of carbonyl (C=O) groups is 2. The maximum Gasteiger partial charge on any atom is 0.410 e. The number of nitrogens with zero attached hydrogens (tertiary/aromatic N) is 1. The van der Waals surface area contributed by atoms with Crippen molar-refractivity contribution in [3.05, 3.63) is 35.9 Å². The van der Waals surface area contributed by atoms with Gasteiger partial charge < -0.3 is 24.2 Å². The van der Waals surface area contributed by atoms with Crippen molar-refractivity contribution in [1.82, 2.24) is 4.90 Å². The van der Waals surface area contributed by atoms with Crippen molar-refractivity contribution < 1.29 is 28.9 Å². The minimum atomic E-state index is -1.11. The van der Waals surface area contributed by atoms with Gasteiger partial charge in [0.25, 0.3) is 0 Å². The number of hydrogen-bond acceptors (Lipinski definition) is 5. The highest BCUT2D eigenvalue weighted by molar-refractivity contribution is 5.74. The van der Waals surface area contributed by atoms with Crippen LogP contribution in [0.2, 0.25) is 0 Å². The van der Waals surface area contributed by atoms with Gasteiger partial charge in [-0.3, -0.25) is 4.79 Å². The van der Waals surface area contributed by atoms with Crippen molar-refractivity contribution in [2.45, 2.75) is 18.8 Å². The van der Waals surface area contributed by atoms with Crippen LogP contribution in [-0.2, 0) is 25.6 Å². The van der Waals surface area contributed by atoms with E-state index in [1.54, 1.807) is 0 Å². The second-order valence-corrected chi connectivity index (χ2v) is 5.64. The Morgan fingerprint density at radius 2 is 1.96 bits per heavy atom. The van der Waals surface area contributed by atoms with Crippen molar-refractivity contribution in [2.24, 2.45) is 5.92 Å². The largest absolute Gasteiger partial charge is 0.481 e. The van der Waals surface area contributed by atoms with Gasteiger partial charge in [-0.05, 0) is 5.56 Å². The Morgan fingerprint density at radius 1 is 1.26 bits per heavy atom. The molecule has 3 rings (SSSR count). The molecule has 124 valence electrons. The molecule has 1 aromatic rings. The molecule has 2 aliphatic rings. The van der Waals surface area contributed by atoms with Gasteiger partial charge in [0.1, 0.15) is 12.5 Å². The molecule has 0 bridgehead atoms. The van der Waals surface area contributed by atoms with Gasteiger partial charge in [0.15, 0.2) is 5.79 Å². The molecule has 1 aromatic carbocycles. The first-order valence-corrected chi connectivity index (χ1v) is 7.57. The van der Waals surface area contributed by atoms with E-state index in [2.05, 4.69) is 0 Å². The predicted octanol–water partition coefficient (Wildman–Crippen LogP) is 1.47. The van der Waals surface area contributed by atoms with Gasteiger partial charge >= 0.3 is 12.1 Å². The summed E-state index contributed by atoms with van der Waals surface area (Å²) in [7, 11) is 0. The van der Waals surface area contributed by atoms with E-state index in [1.807, 2.05) is 30.3 Å². The number of carboxylic acids is 1. The number of carbonyl (C=O) groups excluding carboxylic acids is 1. The number of carboxylic acid groups (broad SMARTS) is 1. The fraction of sp³-hybridized carbons (Fsp3) is 0.500. The van der Waals surface area contributed by atoms with E-state index in [0.29, 0.717) is 26.2 Å². The number of piperidine rings is 1. The smallest absolute Gasteiger partial charge is 0.410 e. The Labute approximate surface area is 133 Å². The summed E-state index contributed by atoms with van der Waals surface area (Å²) in [5.41, 5.74) is 0.881. The van der Waals surface area contributed by atoms with Crippen LogP contribution in [0.1, 0.15) is 12.0 Å². The van der Waals surface area contributed by atoms with E-state index in [4.69, 9.17) is 14.2 Å². The lowest BCUT2D eigenvalue weighted by atomic mass is 9.91. The normalized spacial score (nSPS) is 23.0. The summed E-state index contributed by atoms with van der Waals surface area (Å²) >= 11 is 0. The Bertz CT molecular complexity index is 569. The van der Waals surface area contributed by atoms with Gasteiger partial charge in [0.05, 0.1) is 13.2 Å². The quantitative estimate of drug-likeness (QED) is 0.907. The molecule has 7 nitrogen and oxygen atoms in total. The van der Waals surface area contributed by atoms with Crippen molar-refractivity contribution >= 4 is 12.1 Å².